The standard InChI is InChI=1S/C44H80NO12P/c1-3-5-7-9-11-12-13-14-15-16-17-18-19-20-21-22-23-24-26-27-29-31-35(46)33-38(48)45-36(37(47)32-30-28-25-10-8-6-4-2)34-56-58(54,55)57-44-42(52)40(50)39(49)41(51)43(44)53/h8,10,17-18,20-21,30,32,35-37,39-44,46-47,49-53H,3-7,9,11-16,19,22-29,31,33-34H2,1-2H3,(H,45,48)(H,54,55)/b10-8+,18-17-,21-20-,32-30+. The predicted octanol–water partition coefficient (Wildman–Crippen LogP) is 6.75. The van der Waals surface area contributed by atoms with E-state index in [1.807, 2.05) is 6.08 Å². The van der Waals surface area contributed by atoms with Crippen molar-refractivity contribution >= 4 is 13.7 Å². The van der Waals surface area contributed by atoms with Crippen LogP contribution in [0.3, 0.4) is 0 Å². The van der Waals surface area contributed by atoms with Gasteiger partial charge >= 0.3 is 7.82 Å². The van der Waals surface area contributed by atoms with E-state index in [9.17, 15) is 50.0 Å². The van der Waals surface area contributed by atoms with Crippen molar-refractivity contribution in [2.24, 2.45) is 0 Å². The zero-order valence-electron chi connectivity index (χ0n) is 35.4. The first-order valence-electron chi connectivity index (χ1n) is 22.2. The maximum Gasteiger partial charge on any atom is 0.472 e. The van der Waals surface area contributed by atoms with Crippen LogP contribution in [0.5, 0.6) is 0 Å². The summed E-state index contributed by atoms with van der Waals surface area (Å²) >= 11 is 0. The Hall–Kier alpha value is -1.74. The molecule has 8 atom stereocenters. The Balaban J connectivity index is 2.43. The zero-order chi connectivity index (χ0) is 43.0. The Labute approximate surface area is 349 Å². The second-order valence-corrected chi connectivity index (χ2v) is 17.1. The second kappa shape index (κ2) is 33.9. The van der Waals surface area contributed by atoms with Gasteiger partial charge in [-0.1, -0.05) is 146 Å². The number of carbonyl (C=O) groups excluding carboxylic acids is 1. The zero-order valence-corrected chi connectivity index (χ0v) is 36.3. The van der Waals surface area contributed by atoms with E-state index in [-0.39, 0.29) is 6.42 Å². The van der Waals surface area contributed by atoms with Crippen molar-refractivity contribution in [2.45, 2.75) is 216 Å². The lowest BCUT2D eigenvalue weighted by molar-refractivity contribution is -0.220. The van der Waals surface area contributed by atoms with Gasteiger partial charge in [-0.25, -0.2) is 4.57 Å². The molecule has 0 saturated heterocycles. The van der Waals surface area contributed by atoms with Crippen molar-refractivity contribution in [3.8, 4) is 0 Å². The van der Waals surface area contributed by atoms with Crippen LogP contribution in [-0.4, -0.2) is 108 Å². The van der Waals surface area contributed by atoms with E-state index in [0.717, 1.165) is 70.6 Å². The number of amides is 1. The molecule has 9 N–H and O–H groups in total. The van der Waals surface area contributed by atoms with E-state index in [1.54, 1.807) is 6.08 Å². The quantitative estimate of drug-likeness (QED) is 0.0184. The number of rotatable bonds is 35. The molecule has 14 heteroatoms. The van der Waals surface area contributed by atoms with E-state index in [4.69, 9.17) is 9.05 Å². The average Bonchev–Trinajstić information content (AvgIpc) is 3.19. The van der Waals surface area contributed by atoms with Crippen LogP contribution in [0.2, 0.25) is 0 Å². The van der Waals surface area contributed by atoms with E-state index < -0.39 is 75.2 Å². The molecule has 0 radical (unpaired) electrons. The summed E-state index contributed by atoms with van der Waals surface area (Å²) in [6.07, 6.45) is 25.5. The first kappa shape index (κ1) is 54.3. The maximum absolute atomic E-state index is 12.9. The first-order chi connectivity index (χ1) is 27.8. The number of allylic oxidation sites excluding steroid dienone is 7. The molecule has 0 aromatic carbocycles. The van der Waals surface area contributed by atoms with Gasteiger partial charge in [0.05, 0.1) is 31.3 Å². The minimum atomic E-state index is -5.14. The number of aliphatic hydroxyl groups excluding tert-OH is 7. The van der Waals surface area contributed by atoms with Crippen molar-refractivity contribution in [3.63, 3.8) is 0 Å². The van der Waals surface area contributed by atoms with Gasteiger partial charge in [-0.05, 0) is 57.8 Å². The van der Waals surface area contributed by atoms with Gasteiger partial charge in [-0.2, -0.15) is 0 Å². The Morgan fingerprint density at radius 3 is 1.67 bits per heavy atom. The van der Waals surface area contributed by atoms with Crippen molar-refractivity contribution < 1.29 is 59.0 Å². The largest absolute Gasteiger partial charge is 0.472 e. The molecule has 1 aliphatic rings. The Kier molecular flexibility index (Phi) is 31.7. The van der Waals surface area contributed by atoms with Crippen LogP contribution < -0.4 is 5.32 Å². The topological polar surface area (TPSA) is 226 Å². The lowest BCUT2D eigenvalue weighted by Gasteiger charge is -2.41. The second-order valence-electron chi connectivity index (χ2n) is 15.7. The van der Waals surface area contributed by atoms with Gasteiger partial charge in [0.15, 0.2) is 0 Å². The molecule has 1 amide bonds. The molecule has 1 aliphatic carbocycles. The molecule has 0 aromatic heterocycles. The average molecular weight is 846 g/mol. The Morgan fingerprint density at radius 2 is 1.10 bits per heavy atom. The van der Waals surface area contributed by atoms with Crippen LogP contribution in [0.25, 0.3) is 0 Å². The number of carbonyl (C=O) groups is 1. The van der Waals surface area contributed by atoms with Crippen molar-refractivity contribution in [2.75, 3.05) is 6.61 Å². The van der Waals surface area contributed by atoms with Crippen LogP contribution in [0.15, 0.2) is 48.6 Å². The number of hydrogen-bond donors (Lipinski definition) is 9. The van der Waals surface area contributed by atoms with Gasteiger partial charge in [0.1, 0.15) is 36.6 Å². The molecule has 1 rings (SSSR count). The number of hydrogen-bond acceptors (Lipinski definition) is 11. The van der Waals surface area contributed by atoms with E-state index in [1.165, 1.54) is 63.9 Å². The molecule has 8 unspecified atom stereocenters. The van der Waals surface area contributed by atoms with E-state index in [2.05, 4.69) is 49.5 Å². The van der Waals surface area contributed by atoms with Gasteiger partial charge in [-0.15, -0.1) is 0 Å². The van der Waals surface area contributed by atoms with Crippen LogP contribution in [0, 0.1) is 0 Å². The van der Waals surface area contributed by atoms with E-state index >= 15 is 0 Å². The number of aliphatic hydroxyl groups is 7. The fourth-order valence-corrected chi connectivity index (χ4v) is 7.67. The van der Waals surface area contributed by atoms with Crippen LogP contribution in [-0.2, 0) is 18.4 Å². The highest BCUT2D eigenvalue weighted by Gasteiger charge is 2.51. The minimum Gasteiger partial charge on any atom is -0.393 e. The molecule has 58 heavy (non-hydrogen) atoms. The molecule has 0 aromatic rings. The lowest BCUT2D eigenvalue weighted by atomic mass is 9.85. The Morgan fingerprint density at radius 1 is 0.621 bits per heavy atom. The van der Waals surface area contributed by atoms with Gasteiger partial charge in [-0.3, -0.25) is 13.8 Å². The summed E-state index contributed by atoms with van der Waals surface area (Å²) in [6, 6.07) is -1.26. The third-order valence-electron chi connectivity index (χ3n) is 10.4. The molecule has 0 bridgehead atoms. The third kappa shape index (κ3) is 25.8. The number of phosphoric ester groups is 1. The van der Waals surface area contributed by atoms with Crippen molar-refractivity contribution in [1.82, 2.24) is 5.32 Å². The van der Waals surface area contributed by atoms with E-state index in [0.29, 0.717) is 12.8 Å². The number of nitrogens with one attached hydrogen (secondary N) is 1. The molecular formula is C44H80NO12P. The van der Waals surface area contributed by atoms with Crippen molar-refractivity contribution in [3.05, 3.63) is 48.6 Å². The molecule has 0 heterocycles. The van der Waals surface area contributed by atoms with Gasteiger partial charge in [0.2, 0.25) is 5.91 Å². The highest BCUT2D eigenvalue weighted by molar-refractivity contribution is 7.47. The number of unbranched alkanes of at least 4 members (excludes halogenated alkanes) is 16. The molecule has 13 nitrogen and oxygen atoms in total. The fraction of sp³-hybridized carbons (Fsp3) is 0.795. The van der Waals surface area contributed by atoms with Gasteiger partial charge in [0, 0.05) is 0 Å². The summed E-state index contributed by atoms with van der Waals surface area (Å²) in [5.74, 6) is -0.617. The molecule has 0 aliphatic heterocycles. The summed E-state index contributed by atoms with van der Waals surface area (Å²) in [5.41, 5.74) is 0. The SMILES string of the molecule is CCC/C=C/CC/C=C/C(O)C(COP(=O)(O)OC1C(O)C(O)C(O)C(O)C1O)NC(=O)CC(O)CCCCCCC/C=C\C/C=C\CCCCCCCCCCC. The molecule has 338 valence electrons. The predicted molar refractivity (Wildman–Crippen MR) is 229 cm³/mol. The third-order valence-corrected chi connectivity index (χ3v) is 11.4. The van der Waals surface area contributed by atoms with Gasteiger partial charge in [0.25, 0.3) is 0 Å². The van der Waals surface area contributed by atoms with Crippen molar-refractivity contribution in [1.29, 1.82) is 0 Å². The Bertz CT molecular complexity index is 1180. The number of phosphoric acid groups is 1. The molecular weight excluding hydrogens is 765 g/mol. The van der Waals surface area contributed by atoms with Crippen LogP contribution >= 0.6 is 7.82 Å². The summed E-state index contributed by atoms with van der Waals surface area (Å²) in [4.78, 5) is 23.3. The first-order valence-corrected chi connectivity index (χ1v) is 23.7. The summed E-state index contributed by atoms with van der Waals surface area (Å²) in [7, 11) is -5.14. The maximum atomic E-state index is 12.9. The molecule has 1 saturated carbocycles. The summed E-state index contributed by atoms with van der Waals surface area (Å²) in [6.45, 7) is 3.57. The van der Waals surface area contributed by atoms with Gasteiger partial charge < -0.3 is 46.0 Å². The smallest absolute Gasteiger partial charge is 0.393 e. The van der Waals surface area contributed by atoms with Crippen LogP contribution in [0.1, 0.15) is 162 Å². The molecule has 1 fully saturated rings. The monoisotopic (exact) mass is 846 g/mol. The normalized spacial score (nSPS) is 24.2. The lowest BCUT2D eigenvalue weighted by Crippen LogP contribution is -2.64. The highest BCUT2D eigenvalue weighted by atomic mass is 31.2. The summed E-state index contributed by atoms with van der Waals surface area (Å²) < 4.78 is 22.7. The van der Waals surface area contributed by atoms with Crippen LogP contribution in [0.4, 0.5) is 0 Å². The fourth-order valence-electron chi connectivity index (χ4n) is 6.70. The minimum absolute atomic E-state index is 0.264. The molecule has 0 spiro atoms. The summed E-state index contributed by atoms with van der Waals surface area (Å²) in [5, 5.41) is 74.0. The highest BCUT2D eigenvalue weighted by Crippen LogP contribution is 2.47.